The first kappa shape index (κ1) is 13.6. The maximum absolute atomic E-state index is 12.4. The number of hydrogen-bond acceptors (Lipinski definition) is 3. The lowest BCUT2D eigenvalue weighted by Gasteiger charge is -2.31. The minimum Gasteiger partial charge on any atom is -0.481 e. The van der Waals surface area contributed by atoms with Gasteiger partial charge in [0.2, 0.25) is 5.91 Å². The number of fused-ring (bicyclic) bond motifs is 2. The Bertz CT molecular complexity index is 434. The van der Waals surface area contributed by atoms with Gasteiger partial charge in [0.1, 0.15) is 0 Å². The number of carbonyl (C=O) groups is 2. The van der Waals surface area contributed by atoms with Gasteiger partial charge in [-0.15, -0.1) is 0 Å². The molecule has 0 aromatic carbocycles. The Morgan fingerprint density at radius 2 is 1.95 bits per heavy atom. The highest BCUT2D eigenvalue weighted by Crippen LogP contribution is 2.38. The zero-order valence-corrected chi connectivity index (χ0v) is 11.5. The molecule has 20 heavy (non-hydrogen) atoms. The highest BCUT2D eigenvalue weighted by molar-refractivity contribution is 5.81. The third kappa shape index (κ3) is 2.59. The number of ether oxygens (including phenoxy) is 1. The van der Waals surface area contributed by atoms with Crippen molar-refractivity contribution in [2.75, 3.05) is 6.61 Å². The normalized spacial score (nSPS) is 39.5. The molecule has 0 aromatic heterocycles. The van der Waals surface area contributed by atoms with Gasteiger partial charge < -0.3 is 15.2 Å². The summed E-state index contributed by atoms with van der Waals surface area (Å²) in [4.78, 5) is 23.7. The second-order valence-corrected chi connectivity index (χ2v) is 6.14. The Morgan fingerprint density at radius 3 is 2.75 bits per heavy atom. The maximum Gasteiger partial charge on any atom is 0.308 e. The lowest BCUT2D eigenvalue weighted by atomic mass is 9.79. The third-order valence-corrected chi connectivity index (χ3v) is 4.89. The Balaban J connectivity index is 1.63. The SMILES string of the molecule is O=C(N[C@H]1CC=CC[C@H]1C(=O)O)[C@@H]1CC[C@H]2C[C@@H]1CO2. The molecule has 1 heterocycles. The molecule has 2 aliphatic carbocycles. The summed E-state index contributed by atoms with van der Waals surface area (Å²) in [5, 5.41) is 12.2. The van der Waals surface area contributed by atoms with E-state index < -0.39 is 11.9 Å². The van der Waals surface area contributed by atoms with Gasteiger partial charge in [-0.2, -0.15) is 0 Å². The second kappa shape index (κ2) is 5.56. The molecule has 110 valence electrons. The van der Waals surface area contributed by atoms with Crippen LogP contribution in [0.4, 0.5) is 0 Å². The smallest absolute Gasteiger partial charge is 0.308 e. The fraction of sp³-hybridized carbons (Fsp3) is 0.733. The standard InChI is InChI=1S/C15H21NO4/c17-14(11-6-5-10-7-9(11)8-20-10)16-13-4-2-1-3-12(13)15(18)19/h1-2,9-13H,3-8H2,(H,16,17)(H,18,19)/t9-,10+,11-,12-,13+/m1/s1. The molecule has 1 amide bonds. The van der Waals surface area contributed by atoms with Gasteiger partial charge in [0.25, 0.3) is 0 Å². The van der Waals surface area contributed by atoms with Crippen LogP contribution in [-0.2, 0) is 14.3 Å². The molecule has 0 aromatic rings. The van der Waals surface area contributed by atoms with E-state index in [9.17, 15) is 14.7 Å². The lowest BCUT2D eigenvalue weighted by Crippen LogP contribution is -2.48. The average molecular weight is 279 g/mol. The van der Waals surface area contributed by atoms with Crippen molar-refractivity contribution in [3.05, 3.63) is 12.2 Å². The van der Waals surface area contributed by atoms with Crippen molar-refractivity contribution < 1.29 is 19.4 Å². The molecule has 3 aliphatic rings. The van der Waals surface area contributed by atoms with Crippen molar-refractivity contribution in [2.45, 2.75) is 44.2 Å². The zero-order chi connectivity index (χ0) is 14.1. The molecule has 0 spiro atoms. The van der Waals surface area contributed by atoms with Crippen LogP contribution < -0.4 is 5.32 Å². The van der Waals surface area contributed by atoms with Crippen molar-refractivity contribution in [1.82, 2.24) is 5.32 Å². The summed E-state index contributed by atoms with van der Waals surface area (Å²) in [7, 11) is 0. The van der Waals surface area contributed by atoms with Crippen LogP contribution in [0.25, 0.3) is 0 Å². The van der Waals surface area contributed by atoms with Crippen LogP contribution in [0.15, 0.2) is 12.2 Å². The van der Waals surface area contributed by atoms with Crippen LogP contribution in [0.1, 0.15) is 32.1 Å². The predicted molar refractivity (Wildman–Crippen MR) is 72.0 cm³/mol. The molecule has 1 saturated heterocycles. The average Bonchev–Trinajstić information content (AvgIpc) is 2.80. The largest absolute Gasteiger partial charge is 0.481 e. The van der Waals surface area contributed by atoms with Gasteiger partial charge in [0.05, 0.1) is 18.6 Å². The molecule has 5 heteroatoms. The summed E-state index contributed by atoms with van der Waals surface area (Å²) in [6.07, 6.45) is 8.08. The van der Waals surface area contributed by atoms with Crippen LogP contribution in [-0.4, -0.2) is 35.7 Å². The summed E-state index contributed by atoms with van der Waals surface area (Å²) in [5.41, 5.74) is 0. The Morgan fingerprint density at radius 1 is 1.15 bits per heavy atom. The zero-order valence-electron chi connectivity index (χ0n) is 11.5. The van der Waals surface area contributed by atoms with Crippen LogP contribution in [0.5, 0.6) is 0 Å². The van der Waals surface area contributed by atoms with E-state index in [1.54, 1.807) is 0 Å². The number of allylic oxidation sites excluding steroid dienone is 1. The molecular formula is C15H21NO4. The fourth-order valence-corrected chi connectivity index (χ4v) is 3.70. The number of hydrogen-bond donors (Lipinski definition) is 2. The first-order valence-electron chi connectivity index (χ1n) is 7.45. The first-order chi connectivity index (χ1) is 9.65. The van der Waals surface area contributed by atoms with E-state index >= 15 is 0 Å². The number of nitrogens with one attached hydrogen (secondary N) is 1. The summed E-state index contributed by atoms with van der Waals surface area (Å²) < 4.78 is 5.62. The number of amides is 1. The molecule has 2 N–H and O–H groups in total. The van der Waals surface area contributed by atoms with E-state index in [-0.39, 0.29) is 17.9 Å². The van der Waals surface area contributed by atoms with Gasteiger partial charge >= 0.3 is 5.97 Å². The van der Waals surface area contributed by atoms with Gasteiger partial charge in [-0.25, -0.2) is 0 Å². The first-order valence-corrected chi connectivity index (χ1v) is 7.45. The predicted octanol–water partition coefficient (Wildman–Crippen LogP) is 1.34. The van der Waals surface area contributed by atoms with Crippen molar-refractivity contribution in [3.63, 3.8) is 0 Å². The monoisotopic (exact) mass is 279 g/mol. The number of carbonyl (C=O) groups excluding carboxylic acids is 1. The van der Waals surface area contributed by atoms with Crippen molar-refractivity contribution >= 4 is 11.9 Å². The minimum atomic E-state index is -0.826. The van der Waals surface area contributed by atoms with Gasteiger partial charge in [-0.1, -0.05) is 12.2 Å². The van der Waals surface area contributed by atoms with Crippen molar-refractivity contribution in [1.29, 1.82) is 0 Å². The lowest BCUT2D eigenvalue weighted by molar-refractivity contribution is -0.143. The third-order valence-electron chi connectivity index (χ3n) is 4.89. The topological polar surface area (TPSA) is 75.6 Å². The minimum absolute atomic E-state index is 0.00546. The van der Waals surface area contributed by atoms with E-state index in [2.05, 4.69) is 5.32 Å². The Kier molecular flexibility index (Phi) is 3.78. The molecular weight excluding hydrogens is 258 g/mol. The van der Waals surface area contributed by atoms with E-state index in [1.807, 2.05) is 12.2 Å². The highest BCUT2D eigenvalue weighted by Gasteiger charge is 2.41. The van der Waals surface area contributed by atoms with E-state index in [0.29, 0.717) is 31.5 Å². The molecule has 3 rings (SSSR count). The fourth-order valence-electron chi connectivity index (χ4n) is 3.70. The van der Waals surface area contributed by atoms with E-state index in [0.717, 1.165) is 19.3 Å². The Hall–Kier alpha value is -1.36. The molecule has 2 fully saturated rings. The van der Waals surface area contributed by atoms with Gasteiger partial charge in [0.15, 0.2) is 0 Å². The Labute approximate surface area is 118 Å². The number of aliphatic carboxylic acids is 1. The van der Waals surface area contributed by atoms with Crippen molar-refractivity contribution in [2.24, 2.45) is 17.8 Å². The molecule has 1 saturated carbocycles. The van der Waals surface area contributed by atoms with Crippen LogP contribution >= 0.6 is 0 Å². The second-order valence-electron chi connectivity index (χ2n) is 6.14. The molecule has 1 aliphatic heterocycles. The van der Waals surface area contributed by atoms with Crippen LogP contribution in [0, 0.1) is 17.8 Å². The summed E-state index contributed by atoms with van der Waals surface area (Å²) in [6, 6.07) is -0.273. The molecule has 5 atom stereocenters. The van der Waals surface area contributed by atoms with E-state index in [1.165, 1.54) is 0 Å². The molecule has 5 nitrogen and oxygen atoms in total. The van der Waals surface area contributed by atoms with Crippen LogP contribution in [0.3, 0.4) is 0 Å². The van der Waals surface area contributed by atoms with Gasteiger partial charge in [0, 0.05) is 12.0 Å². The molecule has 0 unspecified atom stereocenters. The van der Waals surface area contributed by atoms with E-state index in [4.69, 9.17) is 4.74 Å². The number of carboxylic acids is 1. The summed E-state index contributed by atoms with van der Waals surface area (Å²) in [6.45, 7) is 0.676. The van der Waals surface area contributed by atoms with Gasteiger partial charge in [-0.3, -0.25) is 9.59 Å². The van der Waals surface area contributed by atoms with Crippen LogP contribution in [0.2, 0.25) is 0 Å². The quantitative estimate of drug-likeness (QED) is 0.764. The number of carboxylic acid groups (broad SMARTS) is 1. The highest BCUT2D eigenvalue weighted by atomic mass is 16.5. The molecule has 0 radical (unpaired) electrons. The molecule has 2 bridgehead atoms. The maximum atomic E-state index is 12.4. The van der Waals surface area contributed by atoms with Crippen molar-refractivity contribution in [3.8, 4) is 0 Å². The number of rotatable bonds is 3. The summed E-state index contributed by atoms with van der Waals surface area (Å²) >= 11 is 0. The van der Waals surface area contributed by atoms with Gasteiger partial charge in [-0.05, 0) is 38.0 Å². The summed E-state index contributed by atoms with van der Waals surface area (Å²) in [5.74, 6) is -0.997.